The molecule has 3 heterocycles. The molecular formula is C22H28ClN3O2S. The van der Waals surface area contributed by atoms with Crippen molar-refractivity contribution in [2.45, 2.75) is 45.1 Å². The summed E-state index contributed by atoms with van der Waals surface area (Å²) in [5, 5.41) is 1.40. The largest absolute Gasteiger partial charge is 0.496 e. The molecule has 1 amide bonds. The van der Waals surface area contributed by atoms with Crippen molar-refractivity contribution in [1.29, 1.82) is 0 Å². The number of methoxy groups -OCH3 is 1. The molecule has 0 bridgehead atoms. The first kappa shape index (κ1) is 20.6. The van der Waals surface area contributed by atoms with Crippen LogP contribution in [0.2, 0.25) is 5.02 Å². The number of hydrogen-bond acceptors (Lipinski definition) is 5. The van der Waals surface area contributed by atoms with Crippen LogP contribution in [0, 0.1) is 6.92 Å². The van der Waals surface area contributed by atoms with E-state index in [2.05, 4.69) is 9.88 Å². The van der Waals surface area contributed by atoms with Gasteiger partial charge >= 0.3 is 0 Å². The Hall–Kier alpha value is -1.63. The summed E-state index contributed by atoms with van der Waals surface area (Å²) in [6, 6.07) is 6.11. The van der Waals surface area contributed by atoms with Gasteiger partial charge in [-0.25, -0.2) is 4.98 Å². The lowest BCUT2D eigenvalue weighted by Crippen LogP contribution is -2.48. The Morgan fingerprint density at radius 3 is 2.59 bits per heavy atom. The van der Waals surface area contributed by atoms with Gasteiger partial charge in [0.1, 0.15) is 15.6 Å². The number of amides is 1. The third-order valence-corrected chi connectivity index (χ3v) is 7.46. The molecule has 0 saturated carbocycles. The van der Waals surface area contributed by atoms with E-state index in [1.54, 1.807) is 13.2 Å². The first-order valence-electron chi connectivity index (χ1n) is 10.4. The van der Waals surface area contributed by atoms with Gasteiger partial charge in [0, 0.05) is 24.2 Å². The number of nitrogens with zero attached hydrogens (tertiary/aromatic N) is 3. The molecule has 0 spiro atoms. The summed E-state index contributed by atoms with van der Waals surface area (Å²) in [4.78, 5) is 23.2. The second-order valence-electron chi connectivity index (χ2n) is 7.90. The van der Waals surface area contributed by atoms with Crippen molar-refractivity contribution in [3.8, 4) is 16.3 Å². The van der Waals surface area contributed by atoms with Crippen LogP contribution in [0.1, 0.15) is 47.5 Å². The van der Waals surface area contributed by atoms with E-state index in [0.29, 0.717) is 16.8 Å². The Bertz CT molecular complexity index is 871. The first-order chi connectivity index (χ1) is 14.1. The highest BCUT2D eigenvalue weighted by atomic mass is 35.5. The van der Waals surface area contributed by atoms with Gasteiger partial charge in [0.05, 0.1) is 18.4 Å². The normalized spacial score (nSPS) is 18.8. The van der Waals surface area contributed by atoms with Crippen molar-refractivity contribution >= 4 is 28.8 Å². The molecule has 0 aliphatic carbocycles. The number of likely N-dealkylation sites (tertiary alicyclic amines) is 2. The first-order valence-corrected chi connectivity index (χ1v) is 11.6. The molecule has 5 nitrogen and oxygen atoms in total. The molecule has 7 heteroatoms. The van der Waals surface area contributed by atoms with Crippen LogP contribution in [0.5, 0.6) is 5.75 Å². The second-order valence-corrected chi connectivity index (χ2v) is 9.33. The monoisotopic (exact) mass is 433 g/mol. The number of piperidine rings is 2. The molecule has 4 rings (SSSR count). The Morgan fingerprint density at radius 2 is 1.90 bits per heavy atom. The third kappa shape index (κ3) is 4.44. The van der Waals surface area contributed by atoms with Gasteiger partial charge in [-0.3, -0.25) is 4.79 Å². The molecule has 2 fully saturated rings. The fraction of sp³-hybridized carbons (Fsp3) is 0.545. The number of aryl methyl sites for hydroxylation is 1. The van der Waals surface area contributed by atoms with Crippen LogP contribution in [0.25, 0.3) is 10.6 Å². The SMILES string of the molecule is COc1ccc(Cl)cc1-c1nc(C)c(C(=O)N2CCC(N3CCCCC3)CC2)s1. The number of benzene rings is 1. The molecule has 2 aliphatic rings. The van der Waals surface area contributed by atoms with E-state index >= 15 is 0 Å². The Balaban J connectivity index is 1.47. The molecule has 1 aromatic heterocycles. The maximum absolute atomic E-state index is 13.2. The van der Waals surface area contributed by atoms with Gasteiger partial charge in [0.2, 0.25) is 0 Å². The van der Waals surface area contributed by atoms with E-state index in [4.69, 9.17) is 16.3 Å². The third-order valence-electron chi connectivity index (χ3n) is 6.04. The van der Waals surface area contributed by atoms with Gasteiger partial charge in [-0.2, -0.15) is 0 Å². The lowest BCUT2D eigenvalue weighted by Gasteiger charge is -2.40. The summed E-state index contributed by atoms with van der Waals surface area (Å²) in [5.41, 5.74) is 1.60. The molecular weight excluding hydrogens is 406 g/mol. The molecule has 2 saturated heterocycles. The van der Waals surface area contributed by atoms with Crippen LogP contribution in [-0.4, -0.2) is 60.0 Å². The Labute approximate surface area is 181 Å². The van der Waals surface area contributed by atoms with E-state index in [1.165, 1.54) is 43.7 Å². The van der Waals surface area contributed by atoms with Crippen LogP contribution in [-0.2, 0) is 0 Å². The fourth-order valence-corrected chi connectivity index (χ4v) is 5.65. The zero-order chi connectivity index (χ0) is 20.4. The zero-order valence-corrected chi connectivity index (χ0v) is 18.7. The average molecular weight is 434 g/mol. The average Bonchev–Trinajstić information content (AvgIpc) is 3.15. The van der Waals surface area contributed by atoms with Gasteiger partial charge in [0.15, 0.2) is 0 Å². The molecule has 0 N–H and O–H groups in total. The standard InChI is InChI=1S/C22H28ClN3O2S/c1-15-20(29-21(24-15)18-14-16(23)6-7-19(18)28-2)22(27)26-12-8-17(9-13-26)25-10-4-3-5-11-25/h6-7,14,17H,3-5,8-13H2,1-2H3. The van der Waals surface area contributed by atoms with Gasteiger partial charge in [-0.05, 0) is 63.9 Å². The number of halogens is 1. The number of carbonyl (C=O) groups is 1. The molecule has 0 unspecified atom stereocenters. The van der Waals surface area contributed by atoms with Gasteiger partial charge in [0.25, 0.3) is 5.91 Å². The minimum absolute atomic E-state index is 0.101. The van der Waals surface area contributed by atoms with Crippen LogP contribution >= 0.6 is 22.9 Å². The summed E-state index contributed by atoms with van der Waals surface area (Å²) in [6.07, 6.45) is 6.12. The summed E-state index contributed by atoms with van der Waals surface area (Å²) >= 11 is 7.60. The topological polar surface area (TPSA) is 45.7 Å². The van der Waals surface area contributed by atoms with Gasteiger partial charge < -0.3 is 14.5 Å². The molecule has 29 heavy (non-hydrogen) atoms. The van der Waals surface area contributed by atoms with Crippen molar-refractivity contribution < 1.29 is 9.53 Å². The molecule has 0 radical (unpaired) electrons. The van der Waals surface area contributed by atoms with E-state index in [1.807, 2.05) is 24.0 Å². The highest BCUT2D eigenvalue weighted by molar-refractivity contribution is 7.17. The summed E-state index contributed by atoms with van der Waals surface area (Å²) in [7, 11) is 1.63. The highest BCUT2D eigenvalue weighted by Gasteiger charge is 2.30. The van der Waals surface area contributed by atoms with Crippen molar-refractivity contribution in [1.82, 2.24) is 14.8 Å². The number of aromatic nitrogens is 1. The highest BCUT2D eigenvalue weighted by Crippen LogP contribution is 2.37. The van der Waals surface area contributed by atoms with E-state index in [0.717, 1.165) is 47.1 Å². The number of thiazole rings is 1. The predicted molar refractivity (Wildman–Crippen MR) is 118 cm³/mol. The minimum Gasteiger partial charge on any atom is -0.496 e. The zero-order valence-electron chi connectivity index (χ0n) is 17.1. The van der Waals surface area contributed by atoms with Gasteiger partial charge in [-0.1, -0.05) is 18.0 Å². The lowest BCUT2D eigenvalue weighted by atomic mass is 10.00. The van der Waals surface area contributed by atoms with E-state index in [-0.39, 0.29) is 5.91 Å². The van der Waals surface area contributed by atoms with Crippen LogP contribution in [0.15, 0.2) is 18.2 Å². The molecule has 1 aromatic carbocycles. The molecule has 0 atom stereocenters. The van der Waals surface area contributed by atoms with Crippen molar-refractivity contribution in [2.24, 2.45) is 0 Å². The number of rotatable bonds is 4. The van der Waals surface area contributed by atoms with Crippen molar-refractivity contribution in [2.75, 3.05) is 33.3 Å². The Kier molecular flexibility index (Phi) is 6.42. The molecule has 156 valence electrons. The quantitative estimate of drug-likeness (QED) is 0.689. The fourth-order valence-electron chi connectivity index (χ4n) is 4.42. The van der Waals surface area contributed by atoms with E-state index < -0.39 is 0 Å². The van der Waals surface area contributed by atoms with Crippen molar-refractivity contribution in [3.63, 3.8) is 0 Å². The molecule has 2 aromatic rings. The molecule has 2 aliphatic heterocycles. The van der Waals surface area contributed by atoms with Crippen LogP contribution in [0.4, 0.5) is 0 Å². The maximum Gasteiger partial charge on any atom is 0.265 e. The van der Waals surface area contributed by atoms with Crippen LogP contribution < -0.4 is 4.74 Å². The maximum atomic E-state index is 13.2. The van der Waals surface area contributed by atoms with Crippen molar-refractivity contribution in [3.05, 3.63) is 33.8 Å². The van der Waals surface area contributed by atoms with Crippen LogP contribution in [0.3, 0.4) is 0 Å². The number of ether oxygens (including phenoxy) is 1. The lowest BCUT2D eigenvalue weighted by molar-refractivity contribution is 0.0593. The smallest absolute Gasteiger partial charge is 0.265 e. The number of carbonyl (C=O) groups excluding carboxylic acids is 1. The van der Waals surface area contributed by atoms with Gasteiger partial charge in [-0.15, -0.1) is 11.3 Å². The Morgan fingerprint density at radius 1 is 1.17 bits per heavy atom. The summed E-state index contributed by atoms with van der Waals surface area (Å²) < 4.78 is 5.46. The van der Waals surface area contributed by atoms with E-state index in [9.17, 15) is 4.79 Å². The summed E-state index contributed by atoms with van der Waals surface area (Å²) in [5.74, 6) is 0.814. The minimum atomic E-state index is 0.101. The summed E-state index contributed by atoms with van der Waals surface area (Å²) in [6.45, 7) is 6.00. The second kappa shape index (κ2) is 9.02. The predicted octanol–water partition coefficient (Wildman–Crippen LogP) is 4.87. The number of hydrogen-bond donors (Lipinski definition) is 0.